The average molecular weight is 268 g/mol. The zero-order chi connectivity index (χ0) is 12.9. The third-order valence-electron chi connectivity index (χ3n) is 2.09. The molecule has 0 bridgehead atoms. The quantitative estimate of drug-likeness (QED) is 0.829. The van der Waals surface area contributed by atoms with Crippen LogP contribution in [0.3, 0.4) is 0 Å². The monoisotopic (exact) mass is 267 g/mol. The molecule has 0 fully saturated rings. The van der Waals surface area contributed by atoms with Gasteiger partial charge in [-0.1, -0.05) is 17.7 Å². The molecule has 0 spiro atoms. The Bertz CT molecular complexity index is 368. The normalized spacial score (nSPS) is 11.6. The van der Waals surface area contributed by atoms with Crippen LogP contribution in [0.2, 0.25) is 5.02 Å². The molecule has 1 aromatic rings. The molecule has 0 amide bonds. The first-order chi connectivity index (χ1) is 7.92. The fourth-order valence-corrected chi connectivity index (χ4v) is 1.50. The molecule has 96 valence electrons. The highest BCUT2D eigenvalue weighted by Gasteiger charge is 2.26. The molecule has 0 aliphatic carbocycles. The highest BCUT2D eigenvalue weighted by molar-refractivity contribution is 6.32. The maximum atomic E-state index is 11.9. The first-order valence-electron chi connectivity index (χ1n) is 5.10. The Labute approximate surface area is 103 Å². The molecule has 2 N–H and O–H groups in total. The molecule has 17 heavy (non-hydrogen) atoms. The molecule has 0 heterocycles. The van der Waals surface area contributed by atoms with Crippen molar-refractivity contribution < 1.29 is 17.9 Å². The molecule has 1 rings (SSSR count). The second kappa shape index (κ2) is 6.12. The minimum atomic E-state index is -4.14. The van der Waals surface area contributed by atoms with Crippen LogP contribution in [0.25, 0.3) is 0 Å². The van der Waals surface area contributed by atoms with E-state index in [1.54, 1.807) is 18.2 Å². The van der Waals surface area contributed by atoms with E-state index in [2.05, 4.69) is 0 Å². The Morgan fingerprint density at radius 2 is 2.00 bits per heavy atom. The van der Waals surface area contributed by atoms with Crippen LogP contribution in [0.5, 0.6) is 5.75 Å². The predicted molar refractivity (Wildman–Crippen MR) is 60.1 cm³/mol. The number of ether oxygens (including phenoxy) is 1. The molecule has 0 aromatic heterocycles. The van der Waals surface area contributed by atoms with Gasteiger partial charge in [-0.2, -0.15) is 13.2 Å². The lowest BCUT2D eigenvalue weighted by atomic mass is 10.2. The summed E-state index contributed by atoms with van der Waals surface area (Å²) in [6.07, 6.45) is -5.08. The van der Waals surface area contributed by atoms with E-state index in [4.69, 9.17) is 22.1 Å². The van der Waals surface area contributed by atoms with Crippen LogP contribution in [-0.4, -0.2) is 12.8 Å². The molecule has 0 saturated heterocycles. The Kier molecular flexibility index (Phi) is 5.08. The molecule has 2 nitrogen and oxygen atoms in total. The van der Waals surface area contributed by atoms with E-state index in [-0.39, 0.29) is 13.0 Å². The number of alkyl halides is 3. The SMILES string of the molecule is NCc1ccc(OCCCC(F)(F)F)c(Cl)c1. The van der Waals surface area contributed by atoms with E-state index in [1.165, 1.54) is 0 Å². The molecule has 1 aromatic carbocycles. The standard InChI is InChI=1S/C11H13ClF3NO/c12-9-6-8(7-16)2-3-10(9)17-5-1-4-11(13,14)15/h2-3,6H,1,4-5,7,16H2. The Morgan fingerprint density at radius 1 is 1.29 bits per heavy atom. The van der Waals surface area contributed by atoms with Crippen molar-refractivity contribution in [1.82, 2.24) is 0 Å². The van der Waals surface area contributed by atoms with Gasteiger partial charge in [0.1, 0.15) is 5.75 Å². The van der Waals surface area contributed by atoms with Gasteiger partial charge in [-0.25, -0.2) is 0 Å². The smallest absolute Gasteiger partial charge is 0.389 e. The van der Waals surface area contributed by atoms with Gasteiger partial charge in [-0.05, 0) is 24.1 Å². The van der Waals surface area contributed by atoms with Crippen LogP contribution < -0.4 is 10.5 Å². The van der Waals surface area contributed by atoms with E-state index in [0.717, 1.165) is 5.56 Å². The van der Waals surface area contributed by atoms with Crippen LogP contribution in [0.4, 0.5) is 13.2 Å². The molecular weight excluding hydrogens is 255 g/mol. The van der Waals surface area contributed by atoms with E-state index >= 15 is 0 Å². The molecule has 0 unspecified atom stereocenters. The average Bonchev–Trinajstić information content (AvgIpc) is 2.24. The topological polar surface area (TPSA) is 35.2 Å². The summed E-state index contributed by atoms with van der Waals surface area (Å²) in [7, 11) is 0. The number of halogens is 4. The summed E-state index contributed by atoms with van der Waals surface area (Å²) in [5, 5.41) is 0.361. The van der Waals surface area contributed by atoms with Gasteiger partial charge in [0.15, 0.2) is 0 Å². The number of hydrogen-bond acceptors (Lipinski definition) is 2. The molecule has 0 aliphatic heterocycles. The molecule has 0 atom stereocenters. The van der Waals surface area contributed by atoms with Crippen LogP contribution in [0.1, 0.15) is 18.4 Å². The molecule has 6 heteroatoms. The Hall–Kier alpha value is -0.940. The first-order valence-corrected chi connectivity index (χ1v) is 5.48. The van der Waals surface area contributed by atoms with Crippen molar-refractivity contribution in [3.8, 4) is 5.75 Å². The summed E-state index contributed by atoms with van der Waals surface area (Å²) < 4.78 is 40.8. The summed E-state index contributed by atoms with van der Waals surface area (Å²) in [6, 6.07) is 4.98. The van der Waals surface area contributed by atoms with Gasteiger partial charge in [0.05, 0.1) is 11.6 Å². The van der Waals surface area contributed by atoms with Gasteiger partial charge in [0.25, 0.3) is 0 Å². The zero-order valence-corrected chi connectivity index (χ0v) is 9.81. The third-order valence-corrected chi connectivity index (χ3v) is 2.39. The summed E-state index contributed by atoms with van der Waals surface area (Å²) in [4.78, 5) is 0. The van der Waals surface area contributed by atoms with Gasteiger partial charge in [-0.15, -0.1) is 0 Å². The maximum Gasteiger partial charge on any atom is 0.389 e. The summed E-state index contributed by atoms with van der Waals surface area (Å²) >= 11 is 5.87. The van der Waals surface area contributed by atoms with E-state index in [9.17, 15) is 13.2 Å². The van der Waals surface area contributed by atoms with E-state index in [1.807, 2.05) is 0 Å². The van der Waals surface area contributed by atoms with Crippen molar-refractivity contribution in [3.05, 3.63) is 28.8 Å². The van der Waals surface area contributed by atoms with E-state index < -0.39 is 12.6 Å². The van der Waals surface area contributed by atoms with Gasteiger partial charge < -0.3 is 10.5 Å². The first kappa shape index (κ1) is 14.1. The minimum absolute atomic E-state index is 0.0127. The predicted octanol–water partition coefficient (Wildman–Crippen LogP) is 3.52. The van der Waals surface area contributed by atoms with E-state index in [0.29, 0.717) is 17.3 Å². The second-order valence-corrected chi connectivity index (χ2v) is 3.94. The number of nitrogens with two attached hydrogens (primary N) is 1. The Balaban J connectivity index is 2.42. The second-order valence-electron chi connectivity index (χ2n) is 3.54. The number of benzene rings is 1. The summed E-state index contributed by atoms with van der Waals surface area (Å²) in [5.74, 6) is 0.381. The largest absolute Gasteiger partial charge is 0.492 e. The van der Waals surface area contributed by atoms with Gasteiger partial charge in [0.2, 0.25) is 0 Å². The Morgan fingerprint density at radius 3 is 2.53 bits per heavy atom. The maximum absolute atomic E-state index is 11.9. The van der Waals surface area contributed by atoms with Crippen molar-refractivity contribution in [1.29, 1.82) is 0 Å². The van der Waals surface area contributed by atoms with Crippen LogP contribution in [0, 0.1) is 0 Å². The van der Waals surface area contributed by atoms with Crippen molar-refractivity contribution in [2.45, 2.75) is 25.6 Å². The van der Waals surface area contributed by atoms with Gasteiger partial charge in [-0.3, -0.25) is 0 Å². The lowest BCUT2D eigenvalue weighted by Gasteiger charge is -2.10. The lowest BCUT2D eigenvalue weighted by molar-refractivity contribution is -0.136. The van der Waals surface area contributed by atoms with Crippen molar-refractivity contribution in [3.63, 3.8) is 0 Å². The fourth-order valence-electron chi connectivity index (χ4n) is 1.24. The molecule has 0 radical (unpaired) electrons. The van der Waals surface area contributed by atoms with Crippen LogP contribution in [0.15, 0.2) is 18.2 Å². The summed E-state index contributed by atoms with van der Waals surface area (Å²) in [5.41, 5.74) is 6.26. The van der Waals surface area contributed by atoms with Crippen LogP contribution >= 0.6 is 11.6 Å². The highest BCUT2D eigenvalue weighted by Crippen LogP contribution is 2.26. The number of rotatable bonds is 5. The zero-order valence-electron chi connectivity index (χ0n) is 9.06. The molecule has 0 saturated carbocycles. The van der Waals surface area contributed by atoms with Gasteiger partial charge >= 0.3 is 6.18 Å². The fraction of sp³-hybridized carbons (Fsp3) is 0.455. The summed E-state index contributed by atoms with van der Waals surface area (Å²) in [6.45, 7) is 0.343. The van der Waals surface area contributed by atoms with Gasteiger partial charge in [0, 0.05) is 13.0 Å². The van der Waals surface area contributed by atoms with Crippen molar-refractivity contribution >= 4 is 11.6 Å². The van der Waals surface area contributed by atoms with Crippen LogP contribution in [-0.2, 0) is 6.54 Å². The minimum Gasteiger partial charge on any atom is -0.492 e. The third kappa shape index (κ3) is 5.28. The van der Waals surface area contributed by atoms with Crippen molar-refractivity contribution in [2.75, 3.05) is 6.61 Å². The number of hydrogen-bond donors (Lipinski definition) is 1. The highest BCUT2D eigenvalue weighted by atomic mass is 35.5. The molecular formula is C11H13ClF3NO. The molecule has 0 aliphatic rings. The van der Waals surface area contributed by atoms with Crippen molar-refractivity contribution in [2.24, 2.45) is 5.73 Å². The lowest BCUT2D eigenvalue weighted by Crippen LogP contribution is -2.09.